The van der Waals surface area contributed by atoms with Crippen LogP contribution >= 0.6 is 11.6 Å². The van der Waals surface area contributed by atoms with E-state index in [-0.39, 0.29) is 10.9 Å². The lowest BCUT2D eigenvalue weighted by molar-refractivity contribution is 0.354. The molecule has 1 unspecified atom stereocenters. The van der Waals surface area contributed by atoms with Gasteiger partial charge in [-0.2, -0.15) is 0 Å². The first-order chi connectivity index (χ1) is 12.8. The SMILES string of the molecule is COc1cc2c(cc1OC)C(CCc1ccc(C(C)(C)C)cc1)=NC(Cl)C2. The molecule has 27 heavy (non-hydrogen) atoms. The molecule has 144 valence electrons. The quantitative estimate of drug-likeness (QED) is 0.499. The number of aryl methyl sites for hydroxylation is 1. The summed E-state index contributed by atoms with van der Waals surface area (Å²) < 4.78 is 10.9. The summed E-state index contributed by atoms with van der Waals surface area (Å²) in [5, 5.41) is 0. The Morgan fingerprint density at radius 3 is 2.22 bits per heavy atom. The second-order valence-corrected chi connectivity index (χ2v) is 8.53. The maximum Gasteiger partial charge on any atom is 0.161 e. The Morgan fingerprint density at radius 2 is 1.63 bits per heavy atom. The number of hydrogen-bond acceptors (Lipinski definition) is 3. The van der Waals surface area contributed by atoms with Gasteiger partial charge in [-0.1, -0.05) is 56.6 Å². The topological polar surface area (TPSA) is 30.8 Å². The Morgan fingerprint density at radius 1 is 1.00 bits per heavy atom. The van der Waals surface area contributed by atoms with Crippen molar-refractivity contribution in [3.63, 3.8) is 0 Å². The van der Waals surface area contributed by atoms with Crippen LogP contribution in [0.15, 0.2) is 41.4 Å². The molecule has 2 aromatic rings. The van der Waals surface area contributed by atoms with E-state index in [0.717, 1.165) is 35.6 Å². The number of alkyl halides is 1. The monoisotopic (exact) mass is 385 g/mol. The fraction of sp³-hybridized carbons (Fsp3) is 0.435. The van der Waals surface area contributed by atoms with Crippen LogP contribution in [0.5, 0.6) is 11.5 Å². The Hall–Kier alpha value is -2.00. The molecular weight excluding hydrogens is 358 g/mol. The summed E-state index contributed by atoms with van der Waals surface area (Å²) in [5.41, 5.74) is 5.93. The molecule has 1 aliphatic heterocycles. The molecule has 4 heteroatoms. The van der Waals surface area contributed by atoms with Crippen molar-refractivity contribution < 1.29 is 9.47 Å². The van der Waals surface area contributed by atoms with E-state index in [0.29, 0.717) is 6.42 Å². The van der Waals surface area contributed by atoms with Crippen molar-refractivity contribution in [3.05, 3.63) is 58.7 Å². The van der Waals surface area contributed by atoms with E-state index in [1.54, 1.807) is 14.2 Å². The molecule has 3 rings (SSSR count). The highest BCUT2D eigenvalue weighted by atomic mass is 35.5. The average Bonchev–Trinajstić information content (AvgIpc) is 2.64. The number of hydrogen-bond donors (Lipinski definition) is 0. The third-order valence-electron chi connectivity index (χ3n) is 5.07. The molecule has 0 aliphatic carbocycles. The smallest absolute Gasteiger partial charge is 0.161 e. The zero-order chi connectivity index (χ0) is 19.6. The lowest BCUT2D eigenvalue weighted by atomic mass is 9.86. The van der Waals surface area contributed by atoms with Gasteiger partial charge in [-0.25, -0.2) is 0 Å². The number of nitrogens with zero attached hydrogens (tertiary/aromatic N) is 1. The molecule has 1 atom stereocenters. The van der Waals surface area contributed by atoms with Gasteiger partial charge < -0.3 is 9.47 Å². The molecule has 0 radical (unpaired) electrons. The van der Waals surface area contributed by atoms with Gasteiger partial charge in [0.05, 0.1) is 14.2 Å². The molecule has 0 amide bonds. The predicted molar refractivity (Wildman–Crippen MR) is 113 cm³/mol. The van der Waals surface area contributed by atoms with Gasteiger partial charge in [-0.3, -0.25) is 4.99 Å². The summed E-state index contributed by atoms with van der Waals surface area (Å²) in [6.45, 7) is 6.70. The molecule has 0 spiro atoms. The molecule has 0 saturated heterocycles. The van der Waals surface area contributed by atoms with E-state index in [9.17, 15) is 0 Å². The van der Waals surface area contributed by atoms with E-state index in [2.05, 4.69) is 45.0 Å². The van der Waals surface area contributed by atoms with E-state index in [1.807, 2.05) is 12.1 Å². The summed E-state index contributed by atoms with van der Waals surface area (Å²) in [4.78, 5) is 4.71. The Balaban J connectivity index is 1.81. The van der Waals surface area contributed by atoms with Crippen LogP contribution in [0.4, 0.5) is 0 Å². The normalized spacial score (nSPS) is 16.5. The average molecular weight is 386 g/mol. The van der Waals surface area contributed by atoms with Crippen LogP contribution in [0.1, 0.15) is 49.4 Å². The first-order valence-corrected chi connectivity index (χ1v) is 9.81. The van der Waals surface area contributed by atoms with Gasteiger partial charge in [-0.05, 0) is 47.1 Å². The summed E-state index contributed by atoms with van der Waals surface area (Å²) in [5.74, 6) is 1.46. The number of ether oxygens (including phenoxy) is 2. The van der Waals surface area contributed by atoms with Crippen molar-refractivity contribution >= 4 is 17.3 Å². The van der Waals surface area contributed by atoms with Gasteiger partial charge in [-0.15, -0.1) is 0 Å². The number of halogens is 1. The molecule has 1 aliphatic rings. The minimum Gasteiger partial charge on any atom is -0.493 e. The van der Waals surface area contributed by atoms with Crippen LogP contribution in [0.3, 0.4) is 0 Å². The summed E-state index contributed by atoms with van der Waals surface area (Å²) in [6.07, 6.45) is 2.49. The lowest BCUT2D eigenvalue weighted by Crippen LogP contribution is -2.18. The number of methoxy groups -OCH3 is 2. The molecule has 0 N–H and O–H groups in total. The Bertz CT molecular complexity index is 835. The highest BCUT2D eigenvalue weighted by Gasteiger charge is 2.22. The Labute approximate surface area is 167 Å². The van der Waals surface area contributed by atoms with Gasteiger partial charge in [0.15, 0.2) is 11.5 Å². The van der Waals surface area contributed by atoms with Crippen molar-refractivity contribution in [1.82, 2.24) is 0 Å². The van der Waals surface area contributed by atoms with Crippen LogP contribution in [0.25, 0.3) is 0 Å². The summed E-state index contributed by atoms with van der Waals surface area (Å²) in [7, 11) is 3.31. The van der Waals surface area contributed by atoms with E-state index >= 15 is 0 Å². The molecule has 0 saturated carbocycles. The minimum atomic E-state index is -0.228. The zero-order valence-corrected chi connectivity index (χ0v) is 17.6. The minimum absolute atomic E-state index is 0.173. The van der Waals surface area contributed by atoms with Crippen molar-refractivity contribution in [2.24, 2.45) is 4.99 Å². The second kappa shape index (κ2) is 7.93. The van der Waals surface area contributed by atoms with Crippen LogP contribution in [0.2, 0.25) is 0 Å². The predicted octanol–water partition coefficient (Wildman–Crippen LogP) is 5.54. The molecule has 1 heterocycles. The summed E-state index contributed by atoms with van der Waals surface area (Å²) in [6, 6.07) is 12.9. The highest BCUT2D eigenvalue weighted by molar-refractivity contribution is 6.22. The van der Waals surface area contributed by atoms with E-state index < -0.39 is 0 Å². The van der Waals surface area contributed by atoms with Gasteiger partial charge >= 0.3 is 0 Å². The third kappa shape index (κ3) is 4.47. The first-order valence-electron chi connectivity index (χ1n) is 9.37. The highest BCUT2D eigenvalue weighted by Crippen LogP contribution is 2.35. The maximum absolute atomic E-state index is 6.40. The maximum atomic E-state index is 6.40. The summed E-state index contributed by atoms with van der Waals surface area (Å²) >= 11 is 6.40. The molecule has 3 nitrogen and oxygen atoms in total. The number of aliphatic imine (C=N–C) groups is 1. The molecular formula is C23H28ClNO2. The lowest BCUT2D eigenvalue weighted by Gasteiger charge is -2.22. The number of benzene rings is 2. The van der Waals surface area contributed by atoms with Gasteiger partial charge in [0.2, 0.25) is 0 Å². The van der Waals surface area contributed by atoms with Crippen LogP contribution in [-0.2, 0) is 18.3 Å². The van der Waals surface area contributed by atoms with Crippen LogP contribution < -0.4 is 9.47 Å². The largest absolute Gasteiger partial charge is 0.493 e. The van der Waals surface area contributed by atoms with Gasteiger partial charge in [0, 0.05) is 17.7 Å². The van der Waals surface area contributed by atoms with Crippen LogP contribution in [0, 0.1) is 0 Å². The Kier molecular flexibility index (Phi) is 5.81. The van der Waals surface area contributed by atoms with Crippen LogP contribution in [-0.4, -0.2) is 25.4 Å². The van der Waals surface area contributed by atoms with Crippen molar-refractivity contribution in [1.29, 1.82) is 0 Å². The molecule has 0 bridgehead atoms. The number of fused-ring (bicyclic) bond motifs is 1. The van der Waals surface area contributed by atoms with E-state index in [1.165, 1.54) is 16.7 Å². The van der Waals surface area contributed by atoms with Crippen molar-refractivity contribution in [2.75, 3.05) is 14.2 Å². The van der Waals surface area contributed by atoms with E-state index in [4.69, 9.17) is 26.1 Å². The van der Waals surface area contributed by atoms with Crippen molar-refractivity contribution in [3.8, 4) is 11.5 Å². The second-order valence-electron chi connectivity index (χ2n) is 8.03. The molecule has 0 fully saturated rings. The zero-order valence-electron chi connectivity index (χ0n) is 16.8. The van der Waals surface area contributed by atoms with Gasteiger partial charge in [0.25, 0.3) is 0 Å². The molecule has 0 aromatic heterocycles. The fourth-order valence-electron chi connectivity index (χ4n) is 3.46. The fourth-order valence-corrected chi connectivity index (χ4v) is 3.74. The molecule has 2 aromatic carbocycles. The van der Waals surface area contributed by atoms with Crippen molar-refractivity contribution in [2.45, 2.75) is 50.9 Å². The third-order valence-corrected chi connectivity index (χ3v) is 5.33. The number of rotatable bonds is 5. The first kappa shape index (κ1) is 19.8. The van der Waals surface area contributed by atoms with Gasteiger partial charge in [0.1, 0.15) is 5.50 Å². The standard InChI is InChI=1S/C23H28ClNO2/c1-23(2,3)17-9-6-15(7-10-17)8-11-19-18-14-21(27-5)20(26-4)12-16(18)13-22(24)25-19/h6-7,9-10,12,14,22H,8,11,13H2,1-5H3.